The zero-order valence-electron chi connectivity index (χ0n) is 23.9. The third-order valence-electron chi connectivity index (χ3n) is 9.15. The van der Waals surface area contributed by atoms with Gasteiger partial charge in [0.15, 0.2) is 0 Å². The van der Waals surface area contributed by atoms with Gasteiger partial charge in [-0.05, 0) is 106 Å². The second-order valence-corrected chi connectivity index (χ2v) is 11.7. The third kappa shape index (κ3) is 6.01. The summed E-state index contributed by atoms with van der Waals surface area (Å²) in [6.45, 7) is 5.02. The number of nitriles is 1. The molecule has 1 N–H and O–H groups in total. The zero-order valence-corrected chi connectivity index (χ0v) is 23.9. The second-order valence-electron chi connectivity index (χ2n) is 11.7. The van der Waals surface area contributed by atoms with Gasteiger partial charge in [-0.15, -0.1) is 0 Å². The van der Waals surface area contributed by atoms with Gasteiger partial charge in [-0.3, -0.25) is 4.79 Å². The fourth-order valence-corrected chi connectivity index (χ4v) is 6.60. The third-order valence-corrected chi connectivity index (χ3v) is 9.15. The van der Waals surface area contributed by atoms with Crippen LogP contribution in [0, 0.1) is 23.2 Å². The lowest BCUT2D eigenvalue weighted by Gasteiger charge is -2.39. The Morgan fingerprint density at radius 3 is 2.22 bits per heavy atom. The maximum Gasteiger partial charge on any atom is 0.253 e. The molecule has 2 saturated heterocycles. The van der Waals surface area contributed by atoms with Crippen LogP contribution in [-0.4, -0.2) is 60.4 Å². The van der Waals surface area contributed by atoms with E-state index in [-0.39, 0.29) is 5.91 Å². The number of nitrogens with one attached hydrogen (secondary N) is 1. The quantitative estimate of drug-likeness (QED) is 0.523. The minimum atomic E-state index is 0.151. The minimum absolute atomic E-state index is 0.151. The number of benzene rings is 2. The molecule has 6 nitrogen and oxygen atoms in total. The van der Waals surface area contributed by atoms with E-state index in [9.17, 15) is 10.1 Å². The fraction of sp³-hybridized carbons (Fsp3) is 0.371. The van der Waals surface area contributed by atoms with E-state index in [1.165, 1.54) is 25.9 Å². The van der Waals surface area contributed by atoms with E-state index in [4.69, 9.17) is 0 Å². The Balaban J connectivity index is 1.15. The van der Waals surface area contributed by atoms with Gasteiger partial charge in [-0.1, -0.05) is 36.4 Å². The molecule has 41 heavy (non-hydrogen) atoms. The predicted octanol–water partition coefficient (Wildman–Crippen LogP) is 5.84. The molecular weight excluding hydrogens is 506 g/mol. The molecule has 2 fully saturated rings. The highest BCUT2D eigenvalue weighted by atomic mass is 16.2. The molecule has 4 aliphatic rings. The topological polar surface area (TPSA) is 62.6 Å². The number of nitrogens with zero attached hydrogens (tertiary/aromatic N) is 4. The predicted molar refractivity (Wildman–Crippen MR) is 164 cm³/mol. The van der Waals surface area contributed by atoms with Crippen molar-refractivity contribution in [2.75, 3.05) is 39.8 Å². The summed E-state index contributed by atoms with van der Waals surface area (Å²) < 4.78 is 0. The Hall–Kier alpha value is -4.08. The van der Waals surface area contributed by atoms with E-state index < -0.39 is 0 Å². The molecule has 2 aromatic carbocycles. The number of hydrogen-bond acceptors (Lipinski definition) is 5. The van der Waals surface area contributed by atoms with E-state index in [1.807, 2.05) is 36.4 Å². The number of amides is 1. The highest BCUT2D eigenvalue weighted by Gasteiger charge is 2.30. The van der Waals surface area contributed by atoms with Crippen LogP contribution in [0.5, 0.6) is 0 Å². The van der Waals surface area contributed by atoms with Crippen molar-refractivity contribution in [3.05, 3.63) is 107 Å². The Labute approximate surface area is 243 Å². The number of hydrogen-bond donors (Lipinski definition) is 1. The van der Waals surface area contributed by atoms with Crippen LogP contribution >= 0.6 is 0 Å². The Bertz CT molecular complexity index is 1410. The summed E-state index contributed by atoms with van der Waals surface area (Å²) in [6, 6.07) is 18.0. The molecule has 4 heterocycles. The van der Waals surface area contributed by atoms with Crippen molar-refractivity contribution in [3.8, 4) is 6.07 Å². The van der Waals surface area contributed by atoms with Crippen LogP contribution < -0.4 is 5.32 Å². The Morgan fingerprint density at radius 1 is 0.878 bits per heavy atom. The van der Waals surface area contributed by atoms with E-state index in [2.05, 4.69) is 75.9 Å². The number of carbonyl (C=O) groups is 1. The van der Waals surface area contributed by atoms with Crippen molar-refractivity contribution in [2.45, 2.75) is 32.1 Å². The van der Waals surface area contributed by atoms with Crippen molar-refractivity contribution in [2.24, 2.45) is 11.8 Å². The molecule has 0 saturated carbocycles. The van der Waals surface area contributed by atoms with E-state index in [0.717, 1.165) is 84.4 Å². The van der Waals surface area contributed by atoms with Crippen LogP contribution in [0.4, 0.5) is 0 Å². The van der Waals surface area contributed by atoms with Gasteiger partial charge in [0.25, 0.3) is 5.91 Å². The number of allylic oxidation sites excluding steroid dienone is 3. The van der Waals surface area contributed by atoms with Gasteiger partial charge in [0, 0.05) is 48.9 Å². The summed E-state index contributed by atoms with van der Waals surface area (Å²) in [4.78, 5) is 20.1. The first-order valence-corrected chi connectivity index (χ1v) is 15.0. The molecule has 0 aliphatic carbocycles. The van der Waals surface area contributed by atoms with Gasteiger partial charge in [-0.25, -0.2) is 0 Å². The monoisotopic (exact) mass is 545 g/mol. The Morgan fingerprint density at radius 2 is 1.54 bits per heavy atom. The van der Waals surface area contributed by atoms with E-state index >= 15 is 0 Å². The maximum atomic E-state index is 13.4. The van der Waals surface area contributed by atoms with Crippen LogP contribution in [0.3, 0.4) is 0 Å². The van der Waals surface area contributed by atoms with Crippen LogP contribution in [0.15, 0.2) is 84.9 Å². The van der Waals surface area contributed by atoms with E-state index in [1.54, 1.807) is 0 Å². The van der Waals surface area contributed by atoms with Gasteiger partial charge in [-0.2, -0.15) is 5.26 Å². The first-order chi connectivity index (χ1) is 20.1. The van der Waals surface area contributed by atoms with Crippen LogP contribution in [0.2, 0.25) is 0 Å². The molecular formula is C35H39N5O. The number of fused-ring (bicyclic) bond motifs is 1. The lowest BCUT2D eigenvalue weighted by atomic mass is 9.79. The SMILES string of the molecule is CN1CCC(C2CCN(C(=O)c3ccc(C4=CN5/C(c6ccc(C#N)cc6)=C\NCC/C=C/5C=C4)cc3)CC2)CC1. The fourth-order valence-electron chi connectivity index (χ4n) is 6.60. The van der Waals surface area contributed by atoms with Crippen LogP contribution in [-0.2, 0) is 0 Å². The van der Waals surface area contributed by atoms with Crippen LogP contribution in [0.25, 0.3) is 11.3 Å². The Kier molecular flexibility index (Phi) is 8.07. The van der Waals surface area contributed by atoms with Gasteiger partial charge in [0.05, 0.1) is 17.3 Å². The number of likely N-dealkylation sites (tertiary alicyclic amines) is 2. The largest absolute Gasteiger partial charge is 0.389 e. The lowest BCUT2D eigenvalue weighted by Crippen LogP contribution is -2.42. The molecule has 1 amide bonds. The normalized spacial score (nSPS) is 23.1. The molecule has 2 aromatic rings. The van der Waals surface area contributed by atoms with Gasteiger partial charge in [0.1, 0.15) is 0 Å². The molecule has 210 valence electrons. The molecule has 0 spiro atoms. The van der Waals surface area contributed by atoms with Crippen molar-refractivity contribution in [1.29, 1.82) is 5.26 Å². The van der Waals surface area contributed by atoms with Crippen molar-refractivity contribution in [1.82, 2.24) is 20.0 Å². The summed E-state index contributed by atoms with van der Waals surface area (Å²) in [6.07, 6.45) is 16.6. The van der Waals surface area contributed by atoms with Crippen molar-refractivity contribution >= 4 is 17.2 Å². The number of rotatable bonds is 4. The van der Waals surface area contributed by atoms with Crippen molar-refractivity contribution in [3.63, 3.8) is 0 Å². The summed E-state index contributed by atoms with van der Waals surface area (Å²) in [5.74, 6) is 1.74. The molecule has 6 heteroatoms. The van der Waals surface area contributed by atoms with E-state index in [0.29, 0.717) is 5.56 Å². The van der Waals surface area contributed by atoms with Crippen molar-refractivity contribution < 1.29 is 4.79 Å². The average molecular weight is 546 g/mol. The minimum Gasteiger partial charge on any atom is -0.389 e. The van der Waals surface area contributed by atoms with Gasteiger partial charge < -0.3 is 20.0 Å². The molecule has 0 unspecified atom stereocenters. The number of piperidine rings is 2. The maximum absolute atomic E-state index is 13.4. The summed E-state index contributed by atoms with van der Waals surface area (Å²) in [5.41, 5.74) is 6.76. The van der Waals surface area contributed by atoms with Gasteiger partial charge in [0.2, 0.25) is 0 Å². The first-order valence-electron chi connectivity index (χ1n) is 15.0. The summed E-state index contributed by atoms with van der Waals surface area (Å²) >= 11 is 0. The zero-order chi connectivity index (χ0) is 28.2. The highest BCUT2D eigenvalue weighted by molar-refractivity contribution is 5.95. The first kappa shape index (κ1) is 27.1. The molecule has 0 atom stereocenters. The van der Waals surface area contributed by atoms with Crippen LogP contribution in [0.1, 0.15) is 59.2 Å². The molecule has 4 aliphatic heterocycles. The standard InChI is InChI=1S/C35H39N5O/c1-38-19-14-28(15-20-38)29-16-21-39(22-17-29)35(41)31-10-8-27(9-11-31)32-12-13-33-3-2-18-37-24-34(40(33)25-32)30-6-4-26(23-36)5-7-30/h3-13,24-25,28-29,37H,2,14-22H2,1H3/b33-3+,34-24-. The average Bonchev–Trinajstić information content (AvgIpc) is 3.02. The number of carbonyl (C=O) groups excluding carboxylic acids is 1. The molecule has 0 aromatic heterocycles. The second kappa shape index (κ2) is 12.2. The van der Waals surface area contributed by atoms with Gasteiger partial charge >= 0.3 is 0 Å². The lowest BCUT2D eigenvalue weighted by molar-refractivity contribution is 0.0615. The summed E-state index contributed by atoms with van der Waals surface area (Å²) in [5, 5.41) is 12.6. The smallest absolute Gasteiger partial charge is 0.253 e. The molecule has 0 radical (unpaired) electrons. The molecule has 6 rings (SSSR count). The summed E-state index contributed by atoms with van der Waals surface area (Å²) in [7, 11) is 2.22. The highest BCUT2D eigenvalue weighted by Crippen LogP contribution is 2.34. The molecule has 0 bridgehead atoms.